The van der Waals surface area contributed by atoms with Gasteiger partial charge in [-0.3, -0.25) is 9.78 Å². The van der Waals surface area contributed by atoms with Gasteiger partial charge in [-0.2, -0.15) is 13.2 Å². The van der Waals surface area contributed by atoms with Crippen molar-refractivity contribution in [3.63, 3.8) is 0 Å². The number of benzene rings is 1. The molecular formula is C22H19F3N2O. The molecule has 0 radical (unpaired) electrons. The van der Waals surface area contributed by atoms with Crippen molar-refractivity contribution < 1.29 is 18.0 Å². The molecule has 3 nitrogen and oxygen atoms in total. The molecule has 0 bridgehead atoms. The van der Waals surface area contributed by atoms with Crippen molar-refractivity contribution in [1.82, 2.24) is 4.98 Å². The second-order valence-corrected chi connectivity index (χ2v) is 6.52. The first kappa shape index (κ1) is 19.7. The number of hydrogen-bond donors (Lipinski definition) is 0. The third-order valence-electron chi connectivity index (χ3n) is 4.44. The molecule has 0 saturated heterocycles. The maximum absolute atomic E-state index is 12.8. The molecule has 28 heavy (non-hydrogen) atoms. The molecule has 1 aliphatic heterocycles. The van der Waals surface area contributed by atoms with Crippen molar-refractivity contribution in [1.29, 1.82) is 0 Å². The van der Waals surface area contributed by atoms with Gasteiger partial charge in [-0.15, -0.1) is 0 Å². The Bertz CT molecular complexity index is 940. The van der Waals surface area contributed by atoms with E-state index in [2.05, 4.69) is 9.98 Å². The summed E-state index contributed by atoms with van der Waals surface area (Å²) in [5, 5.41) is 0. The molecule has 0 unspecified atom stereocenters. The van der Waals surface area contributed by atoms with Gasteiger partial charge in [0.05, 0.1) is 11.3 Å². The Hall–Kier alpha value is -3.02. The standard InChI is InChI=1S/C22H19F3N2O/c1-15(28)21-13-17(16-8-10-19(11-9-16)22(23,24)25)5-2-3-7-20(27-21)18-6-4-12-26-14-18/h4,6-14H,2-3,5H2,1H3/b17-13?,20-7-,27-21?. The Morgan fingerprint density at radius 2 is 1.82 bits per heavy atom. The summed E-state index contributed by atoms with van der Waals surface area (Å²) >= 11 is 0. The number of carbonyl (C=O) groups is 1. The molecule has 1 aromatic carbocycles. The molecule has 2 aromatic rings. The van der Waals surface area contributed by atoms with E-state index >= 15 is 0 Å². The van der Waals surface area contributed by atoms with E-state index in [4.69, 9.17) is 0 Å². The number of hydrogen-bond acceptors (Lipinski definition) is 3. The van der Waals surface area contributed by atoms with Crippen LogP contribution in [0.3, 0.4) is 0 Å². The van der Waals surface area contributed by atoms with Crippen LogP contribution in [-0.4, -0.2) is 16.5 Å². The fraction of sp³-hybridized carbons (Fsp3) is 0.227. The van der Waals surface area contributed by atoms with Crippen LogP contribution in [0.2, 0.25) is 0 Å². The maximum atomic E-state index is 12.8. The summed E-state index contributed by atoms with van der Waals surface area (Å²) in [5.41, 5.74) is 2.51. The Morgan fingerprint density at radius 3 is 2.43 bits per heavy atom. The average Bonchev–Trinajstić information content (AvgIpc) is 2.78. The fourth-order valence-electron chi connectivity index (χ4n) is 2.95. The number of aliphatic imine (C=N–C) groups is 1. The van der Waals surface area contributed by atoms with Crippen LogP contribution in [0.5, 0.6) is 0 Å². The lowest BCUT2D eigenvalue weighted by Gasteiger charge is -2.10. The molecule has 0 fully saturated rings. The van der Waals surface area contributed by atoms with Crippen molar-refractivity contribution >= 4 is 22.8 Å². The SMILES string of the molecule is CC(=O)C1=N/C(c2cccnc2)=C\CCCC(c2ccc(C(F)(F)F)cc2)=C1. The van der Waals surface area contributed by atoms with Gasteiger partial charge in [-0.1, -0.05) is 18.2 Å². The number of rotatable bonds is 3. The molecular weight excluding hydrogens is 365 g/mol. The van der Waals surface area contributed by atoms with Crippen LogP contribution in [0.1, 0.15) is 42.9 Å². The van der Waals surface area contributed by atoms with Gasteiger partial charge in [0, 0.05) is 24.9 Å². The zero-order valence-corrected chi connectivity index (χ0v) is 15.3. The topological polar surface area (TPSA) is 42.3 Å². The summed E-state index contributed by atoms with van der Waals surface area (Å²) in [6.45, 7) is 1.43. The van der Waals surface area contributed by atoms with Gasteiger partial charge in [0.25, 0.3) is 0 Å². The maximum Gasteiger partial charge on any atom is 0.416 e. The molecule has 0 amide bonds. The zero-order chi connectivity index (χ0) is 20.1. The first-order chi connectivity index (χ1) is 13.3. The minimum atomic E-state index is -4.38. The van der Waals surface area contributed by atoms with Crippen LogP contribution in [0.15, 0.2) is 65.9 Å². The first-order valence-electron chi connectivity index (χ1n) is 8.93. The minimum Gasteiger partial charge on any atom is -0.293 e. The first-order valence-corrected chi connectivity index (χ1v) is 8.93. The van der Waals surface area contributed by atoms with Crippen LogP contribution in [0, 0.1) is 0 Å². The van der Waals surface area contributed by atoms with E-state index in [1.54, 1.807) is 24.5 Å². The molecule has 1 aliphatic rings. The minimum absolute atomic E-state index is 0.207. The van der Waals surface area contributed by atoms with Crippen molar-refractivity contribution in [2.24, 2.45) is 4.99 Å². The van der Waals surface area contributed by atoms with Gasteiger partial charge in [0.15, 0.2) is 5.78 Å². The van der Waals surface area contributed by atoms with Gasteiger partial charge >= 0.3 is 6.18 Å². The molecule has 144 valence electrons. The zero-order valence-electron chi connectivity index (χ0n) is 15.3. The quantitative estimate of drug-likeness (QED) is 0.677. The van der Waals surface area contributed by atoms with E-state index in [0.29, 0.717) is 17.7 Å². The number of Topliss-reactive ketones (excluding diaryl/α,β-unsaturated/α-hetero) is 1. The second kappa shape index (κ2) is 8.33. The Kier molecular flexibility index (Phi) is 5.87. The molecule has 0 N–H and O–H groups in total. The van der Waals surface area contributed by atoms with Crippen LogP contribution >= 0.6 is 0 Å². The van der Waals surface area contributed by atoms with E-state index in [-0.39, 0.29) is 11.5 Å². The number of nitrogens with zero attached hydrogens (tertiary/aromatic N) is 2. The van der Waals surface area contributed by atoms with Crippen LogP contribution in [0.25, 0.3) is 11.3 Å². The van der Waals surface area contributed by atoms with Crippen molar-refractivity contribution in [2.45, 2.75) is 32.4 Å². The normalized spacial score (nSPS) is 17.4. The summed E-state index contributed by atoms with van der Waals surface area (Å²) in [6.07, 6.45) is 4.77. The lowest BCUT2D eigenvalue weighted by atomic mass is 9.97. The third kappa shape index (κ3) is 4.82. The van der Waals surface area contributed by atoms with Crippen LogP contribution in [-0.2, 0) is 11.0 Å². The number of halogens is 3. The van der Waals surface area contributed by atoms with E-state index in [1.807, 2.05) is 12.1 Å². The number of ketones is 1. The Labute approximate surface area is 161 Å². The largest absolute Gasteiger partial charge is 0.416 e. The molecule has 1 aromatic heterocycles. The predicted octanol–water partition coefficient (Wildman–Crippen LogP) is 5.74. The lowest BCUT2D eigenvalue weighted by Crippen LogP contribution is -2.08. The van der Waals surface area contributed by atoms with Crippen molar-refractivity contribution in [3.8, 4) is 0 Å². The van der Waals surface area contributed by atoms with Crippen molar-refractivity contribution in [3.05, 3.63) is 77.6 Å². The summed E-state index contributed by atoms with van der Waals surface area (Å²) in [5.74, 6) is -0.207. The number of allylic oxidation sites excluding steroid dienone is 3. The average molecular weight is 384 g/mol. The smallest absolute Gasteiger partial charge is 0.293 e. The number of pyridine rings is 1. The molecule has 0 atom stereocenters. The van der Waals surface area contributed by atoms with Gasteiger partial charge in [0.1, 0.15) is 5.71 Å². The summed E-state index contributed by atoms with van der Waals surface area (Å²) in [6, 6.07) is 8.69. The molecule has 6 heteroatoms. The van der Waals surface area contributed by atoms with Crippen molar-refractivity contribution in [2.75, 3.05) is 0 Å². The highest BCUT2D eigenvalue weighted by Gasteiger charge is 2.30. The van der Waals surface area contributed by atoms with Gasteiger partial charge < -0.3 is 0 Å². The van der Waals surface area contributed by atoms with E-state index in [0.717, 1.165) is 36.1 Å². The number of carbonyl (C=O) groups excluding carboxylic acids is 1. The highest BCUT2D eigenvalue weighted by molar-refractivity contribution is 6.45. The van der Waals surface area contributed by atoms with E-state index in [1.165, 1.54) is 19.1 Å². The summed E-state index contributed by atoms with van der Waals surface area (Å²) in [4.78, 5) is 20.8. The molecule has 0 aliphatic carbocycles. The van der Waals surface area contributed by atoms with E-state index in [9.17, 15) is 18.0 Å². The predicted molar refractivity (Wildman–Crippen MR) is 104 cm³/mol. The molecule has 0 spiro atoms. The van der Waals surface area contributed by atoms with Crippen LogP contribution < -0.4 is 0 Å². The van der Waals surface area contributed by atoms with Gasteiger partial charge in [-0.05, 0) is 60.7 Å². The summed E-state index contributed by atoms with van der Waals surface area (Å²) in [7, 11) is 0. The molecule has 2 heterocycles. The highest BCUT2D eigenvalue weighted by atomic mass is 19.4. The fourth-order valence-corrected chi connectivity index (χ4v) is 2.95. The number of aromatic nitrogens is 1. The Balaban J connectivity index is 2.01. The Morgan fingerprint density at radius 1 is 1.07 bits per heavy atom. The second-order valence-electron chi connectivity index (χ2n) is 6.52. The monoisotopic (exact) mass is 384 g/mol. The van der Waals surface area contributed by atoms with Crippen LogP contribution in [0.4, 0.5) is 13.2 Å². The van der Waals surface area contributed by atoms with E-state index < -0.39 is 11.7 Å². The highest BCUT2D eigenvalue weighted by Crippen LogP contribution is 2.31. The summed E-state index contributed by atoms with van der Waals surface area (Å²) < 4.78 is 38.4. The molecule has 0 saturated carbocycles. The third-order valence-corrected chi connectivity index (χ3v) is 4.44. The lowest BCUT2D eigenvalue weighted by molar-refractivity contribution is -0.137. The number of alkyl halides is 3. The molecule has 3 rings (SSSR count). The van der Waals surface area contributed by atoms with Gasteiger partial charge in [-0.25, -0.2) is 4.99 Å². The van der Waals surface area contributed by atoms with Gasteiger partial charge in [0.2, 0.25) is 0 Å².